The molecule has 0 aliphatic carbocycles. The predicted molar refractivity (Wildman–Crippen MR) is 107 cm³/mol. The van der Waals surface area contributed by atoms with E-state index in [9.17, 15) is 19.5 Å². The number of nitrogens with two attached hydrogens (primary N) is 1. The van der Waals surface area contributed by atoms with Crippen molar-refractivity contribution in [3.8, 4) is 0 Å². The van der Waals surface area contributed by atoms with Crippen molar-refractivity contribution in [2.45, 2.75) is 91.5 Å². The topological polar surface area (TPSA) is 143 Å². The van der Waals surface area contributed by atoms with Gasteiger partial charge in [0.15, 0.2) is 0 Å². The molecule has 0 heterocycles. The molecule has 9 heteroatoms. The molecule has 0 saturated carbocycles. The summed E-state index contributed by atoms with van der Waals surface area (Å²) >= 11 is 0. The van der Waals surface area contributed by atoms with Crippen LogP contribution in [0.5, 0.6) is 0 Å². The Kier molecular flexibility index (Phi) is 11.1. The lowest BCUT2D eigenvalue weighted by Gasteiger charge is -2.29. The Morgan fingerprint density at radius 2 is 1.54 bits per heavy atom. The second-order valence-corrected chi connectivity index (χ2v) is 8.91. The molecule has 0 fully saturated rings. The third kappa shape index (κ3) is 11.8. The minimum atomic E-state index is -1.10. The van der Waals surface area contributed by atoms with Crippen LogP contribution in [0.4, 0.5) is 4.79 Å². The highest BCUT2D eigenvalue weighted by molar-refractivity contribution is 5.86. The molecule has 0 aliphatic rings. The minimum absolute atomic E-state index is 0.141. The number of nitrogens with one attached hydrogen (secondary N) is 3. The third-order valence-corrected chi connectivity index (χ3v) is 3.79. The average Bonchev–Trinajstić information content (AvgIpc) is 2.50. The molecule has 0 saturated heterocycles. The summed E-state index contributed by atoms with van der Waals surface area (Å²) in [6.07, 6.45) is -1.15. The number of hydrazine groups is 1. The van der Waals surface area contributed by atoms with Gasteiger partial charge in [0.1, 0.15) is 11.6 Å². The van der Waals surface area contributed by atoms with E-state index in [-0.39, 0.29) is 18.3 Å². The van der Waals surface area contributed by atoms with Gasteiger partial charge in [0.05, 0.1) is 18.6 Å². The molecule has 0 bridgehead atoms. The van der Waals surface area contributed by atoms with Gasteiger partial charge in [-0.1, -0.05) is 27.7 Å². The first-order chi connectivity index (χ1) is 12.7. The third-order valence-electron chi connectivity index (χ3n) is 3.79. The fourth-order valence-electron chi connectivity index (χ4n) is 2.65. The summed E-state index contributed by atoms with van der Waals surface area (Å²) in [6.45, 7) is 13.0. The van der Waals surface area contributed by atoms with Crippen LogP contribution in [-0.4, -0.2) is 46.8 Å². The molecule has 6 N–H and O–H groups in total. The van der Waals surface area contributed by atoms with Crippen LogP contribution in [0.25, 0.3) is 0 Å². The van der Waals surface area contributed by atoms with Crippen molar-refractivity contribution in [2.75, 3.05) is 0 Å². The van der Waals surface area contributed by atoms with Gasteiger partial charge in [-0.2, -0.15) is 0 Å². The Morgan fingerprint density at radius 3 is 1.96 bits per heavy atom. The van der Waals surface area contributed by atoms with Crippen LogP contribution in [0.15, 0.2) is 0 Å². The zero-order valence-electron chi connectivity index (χ0n) is 18.2. The molecule has 0 aliphatic heterocycles. The number of ether oxygens (including phenoxy) is 1. The zero-order chi connectivity index (χ0) is 22.1. The normalized spacial score (nSPS) is 15.0. The fourth-order valence-corrected chi connectivity index (χ4v) is 2.65. The summed E-state index contributed by atoms with van der Waals surface area (Å²) in [6, 6.07) is -1.47. The lowest BCUT2D eigenvalue weighted by atomic mass is 9.96. The van der Waals surface area contributed by atoms with Gasteiger partial charge in [-0.05, 0) is 45.4 Å². The molecule has 0 aromatic carbocycles. The maximum absolute atomic E-state index is 12.8. The number of rotatable bonds is 10. The van der Waals surface area contributed by atoms with Crippen LogP contribution in [0.2, 0.25) is 0 Å². The van der Waals surface area contributed by atoms with Gasteiger partial charge in [0.2, 0.25) is 11.8 Å². The second kappa shape index (κ2) is 11.9. The molecule has 0 rings (SSSR count). The Bertz CT molecular complexity index is 517. The van der Waals surface area contributed by atoms with Crippen LogP contribution >= 0.6 is 0 Å². The van der Waals surface area contributed by atoms with Crippen molar-refractivity contribution >= 4 is 17.9 Å². The van der Waals surface area contributed by atoms with E-state index in [1.54, 1.807) is 20.8 Å². The second-order valence-electron chi connectivity index (χ2n) is 8.91. The zero-order valence-corrected chi connectivity index (χ0v) is 18.2. The van der Waals surface area contributed by atoms with Gasteiger partial charge in [0.25, 0.3) is 0 Å². The SMILES string of the molecule is CC(C)C[C@H](NC(=O)OC(C)(C)C)C(=O)N[C@@H](CC(C)C)[C@@H](O)CC(=O)NN. The van der Waals surface area contributed by atoms with Crippen LogP contribution in [0.3, 0.4) is 0 Å². The van der Waals surface area contributed by atoms with E-state index in [0.717, 1.165) is 0 Å². The largest absolute Gasteiger partial charge is 0.444 e. The maximum Gasteiger partial charge on any atom is 0.408 e. The maximum atomic E-state index is 12.8. The highest BCUT2D eigenvalue weighted by atomic mass is 16.6. The lowest BCUT2D eigenvalue weighted by molar-refractivity contribution is -0.128. The van der Waals surface area contributed by atoms with E-state index in [4.69, 9.17) is 10.6 Å². The Hall–Kier alpha value is -1.87. The van der Waals surface area contributed by atoms with Crippen molar-refractivity contribution < 1.29 is 24.2 Å². The van der Waals surface area contributed by atoms with Gasteiger partial charge in [-0.3, -0.25) is 15.0 Å². The average molecular weight is 403 g/mol. The first kappa shape index (κ1) is 26.1. The van der Waals surface area contributed by atoms with Crippen LogP contribution in [0.1, 0.15) is 67.7 Å². The highest BCUT2D eigenvalue weighted by Gasteiger charge is 2.30. The lowest BCUT2D eigenvalue weighted by Crippen LogP contribution is -2.54. The molecule has 164 valence electrons. The quantitative estimate of drug-likeness (QED) is 0.211. The molecule has 0 radical (unpaired) electrons. The van der Waals surface area contributed by atoms with Crippen LogP contribution in [0, 0.1) is 11.8 Å². The van der Waals surface area contributed by atoms with Gasteiger partial charge in [-0.15, -0.1) is 0 Å². The number of hydrogen-bond acceptors (Lipinski definition) is 6. The molecule has 9 nitrogen and oxygen atoms in total. The number of amides is 3. The summed E-state index contributed by atoms with van der Waals surface area (Å²) < 4.78 is 5.24. The molecular weight excluding hydrogens is 364 g/mol. The van der Waals surface area contributed by atoms with Crippen molar-refractivity contribution in [1.29, 1.82) is 0 Å². The number of alkyl carbamates (subject to hydrolysis) is 1. The van der Waals surface area contributed by atoms with E-state index in [1.807, 2.05) is 33.1 Å². The molecule has 0 aromatic heterocycles. The first-order valence-electron chi connectivity index (χ1n) is 9.72. The van der Waals surface area contributed by atoms with E-state index in [1.165, 1.54) is 0 Å². The van der Waals surface area contributed by atoms with Gasteiger partial charge < -0.3 is 20.5 Å². The Morgan fingerprint density at radius 1 is 1.00 bits per heavy atom. The Labute approximate surface area is 168 Å². The molecule has 3 atom stereocenters. The molecular formula is C19H38N4O5. The number of carbonyl (C=O) groups is 3. The van der Waals surface area contributed by atoms with E-state index in [0.29, 0.717) is 12.8 Å². The van der Waals surface area contributed by atoms with Gasteiger partial charge in [0, 0.05) is 0 Å². The van der Waals surface area contributed by atoms with Crippen LogP contribution < -0.4 is 21.9 Å². The van der Waals surface area contributed by atoms with Gasteiger partial charge >= 0.3 is 6.09 Å². The van der Waals surface area contributed by atoms with Crippen molar-refractivity contribution in [2.24, 2.45) is 17.7 Å². The standard InChI is InChI=1S/C19H38N4O5/c1-11(2)8-13(15(24)10-16(25)23-20)21-17(26)14(9-12(3)4)22-18(27)28-19(5,6)7/h11-15,24H,8-10,20H2,1-7H3,(H,21,26)(H,22,27)(H,23,25)/t13-,14-,15-/m0/s1. The summed E-state index contributed by atoms with van der Waals surface area (Å²) in [5.74, 6) is 4.42. The molecule has 0 aromatic rings. The number of aliphatic hydroxyl groups excluding tert-OH is 1. The molecule has 3 amide bonds. The first-order valence-corrected chi connectivity index (χ1v) is 9.72. The van der Waals surface area contributed by atoms with E-state index < -0.39 is 41.7 Å². The van der Waals surface area contributed by atoms with E-state index >= 15 is 0 Å². The monoisotopic (exact) mass is 402 g/mol. The molecule has 0 spiro atoms. The smallest absolute Gasteiger partial charge is 0.408 e. The number of carbonyl (C=O) groups excluding carboxylic acids is 3. The van der Waals surface area contributed by atoms with E-state index in [2.05, 4.69) is 10.6 Å². The summed E-state index contributed by atoms with van der Waals surface area (Å²) in [7, 11) is 0. The summed E-state index contributed by atoms with van der Waals surface area (Å²) in [4.78, 5) is 36.4. The van der Waals surface area contributed by atoms with Crippen molar-refractivity contribution in [3.05, 3.63) is 0 Å². The number of aliphatic hydroxyl groups is 1. The Balaban J connectivity index is 5.22. The van der Waals surface area contributed by atoms with Gasteiger partial charge in [-0.25, -0.2) is 10.6 Å². The molecule has 28 heavy (non-hydrogen) atoms. The number of hydrogen-bond donors (Lipinski definition) is 5. The predicted octanol–water partition coefficient (Wildman–Crippen LogP) is 1.20. The fraction of sp³-hybridized carbons (Fsp3) is 0.842. The summed E-state index contributed by atoms with van der Waals surface area (Å²) in [5, 5.41) is 15.7. The molecule has 0 unspecified atom stereocenters. The minimum Gasteiger partial charge on any atom is -0.444 e. The van der Waals surface area contributed by atoms with Crippen LogP contribution in [-0.2, 0) is 14.3 Å². The highest BCUT2D eigenvalue weighted by Crippen LogP contribution is 2.14. The summed E-state index contributed by atoms with van der Waals surface area (Å²) in [5.41, 5.74) is 1.28. The van der Waals surface area contributed by atoms with Crippen molar-refractivity contribution in [1.82, 2.24) is 16.1 Å². The van der Waals surface area contributed by atoms with Crippen molar-refractivity contribution in [3.63, 3.8) is 0 Å².